The minimum absolute atomic E-state index is 0.236. The zero-order valence-corrected chi connectivity index (χ0v) is 11.0. The van der Waals surface area contributed by atoms with Gasteiger partial charge in [-0.1, -0.05) is 6.07 Å². The van der Waals surface area contributed by atoms with Crippen molar-refractivity contribution in [3.05, 3.63) is 47.5 Å². The first-order valence-corrected chi connectivity index (χ1v) is 7.03. The van der Waals surface area contributed by atoms with Crippen LogP contribution in [-0.4, -0.2) is 8.42 Å². The van der Waals surface area contributed by atoms with E-state index in [1.807, 2.05) is 0 Å². The van der Waals surface area contributed by atoms with Crippen LogP contribution in [0.5, 0.6) is 0 Å². The minimum atomic E-state index is -3.83. The number of halogens is 1. The molecule has 0 aliphatic rings. The molecule has 102 valence electrons. The first-order valence-electron chi connectivity index (χ1n) is 5.48. The molecule has 0 bridgehead atoms. The Balaban J connectivity index is 2.11. The van der Waals surface area contributed by atoms with E-state index in [1.165, 1.54) is 18.2 Å². The van der Waals surface area contributed by atoms with Crippen molar-refractivity contribution in [3.63, 3.8) is 0 Å². The molecule has 0 unspecified atom stereocenters. The van der Waals surface area contributed by atoms with Gasteiger partial charge < -0.3 is 9.73 Å². The summed E-state index contributed by atoms with van der Waals surface area (Å²) in [5, 5.41) is 7.60. The molecule has 2 rings (SSSR count). The normalized spacial score (nSPS) is 11.5. The molecule has 0 fully saturated rings. The fourth-order valence-electron chi connectivity index (χ4n) is 1.59. The molecular formula is C12H13FN2O3S. The van der Waals surface area contributed by atoms with Crippen molar-refractivity contribution >= 4 is 15.7 Å². The summed E-state index contributed by atoms with van der Waals surface area (Å²) in [6.45, 7) is 1.88. The van der Waals surface area contributed by atoms with Gasteiger partial charge in [-0.2, -0.15) is 0 Å². The van der Waals surface area contributed by atoms with Crippen LogP contribution in [0, 0.1) is 12.7 Å². The van der Waals surface area contributed by atoms with Gasteiger partial charge >= 0.3 is 0 Å². The Morgan fingerprint density at radius 2 is 2.05 bits per heavy atom. The van der Waals surface area contributed by atoms with Gasteiger partial charge in [0.2, 0.25) is 5.09 Å². The van der Waals surface area contributed by atoms with Crippen LogP contribution in [0.15, 0.2) is 39.8 Å². The molecule has 2 aromatic rings. The van der Waals surface area contributed by atoms with E-state index in [0.29, 0.717) is 17.0 Å². The van der Waals surface area contributed by atoms with Gasteiger partial charge in [-0.25, -0.2) is 17.9 Å². The van der Waals surface area contributed by atoms with Crippen LogP contribution in [0.2, 0.25) is 0 Å². The molecular weight excluding hydrogens is 271 g/mol. The average molecular weight is 284 g/mol. The molecule has 0 atom stereocenters. The van der Waals surface area contributed by atoms with E-state index in [9.17, 15) is 12.8 Å². The van der Waals surface area contributed by atoms with Gasteiger partial charge in [-0.3, -0.25) is 0 Å². The van der Waals surface area contributed by atoms with Crippen LogP contribution in [0.3, 0.4) is 0 Å². The molecule has 1 aromatic heterocycles. The number of benzene rings is 1. The van der Waals surface area contributed by atoms with E-state index < -0.39 is 10.0 Å². The predicted molar refractivity (Wildman–Crippen MR) is 68.5 cm³/mol. The van der Waals surface area contributed by atoms with Crippen LogP contribution in [0.1, 0.15) is 11.3 Å². The van der Waals surface area contributed by atoms with E-state index in [2.05, 4.69) is 5.32 Å². The van der Waals surface area contributed by atoms with Crippen molar-refractivity contribution in [2.75, 3.05) is 5.32 Å². The second-order valence-corrected chi connectivity index (χ2v) is 5.52. The first-order chi connectivity index (χ1) is 8.88. The molecule has 0 aliphatic carbocycles. The molecule has 0 radical (unpaired) electrons. The van der Waals surface area contributed by atoms with Gasteiger partial charge in [-0.15, -0.1) is 0 Å². The van der Waals surface area contributed by atoms with Crippen LogP contribution in [0.4, 0.5) is 10.1 Å². The number of rotatable bonds is 4. The van der Waals surface area contributed by atoms with Crippen LogP contribution in [-0.2, 0) is 16.6 Å². The summed E-state index contributed by atoms with van der Waals surface area (Å²) in [7, 11) is -3.83. The number of anilines is 1. The van der Waals surface area contributed by atoms with E-state index in [4.69, 9.17) is 9.56 Å². The third-order valence-electron chi connectivity index (χ3n) is 2.64. The highest BCUT2D eigenvalue weighted by Gasteiger charge is 2.13. The number of hydrogen-bond donors (Lipinski definition) is 2. The molecule has 1 aromatic carbocycles. The summed E-state index contributed by atoms with van der Waals surface area (Å²) >= 11 is 0. The van der Waals surface area contributed by atoms with Gasteiger partial charge in [0.15, 0.2) is 0 Å². The second kappa shape index (κ2) is 5.02. The van der Waals surface area contributed by atoms with Crippen molar-refractivity contribution in [2.24, 2.45) is 5.14 Å². The maximum Gasteiger partial charge on any atom is 0.271 e. The molecule has 0 amide bonds. The topological polar surface area (TPSA) is 85.3 Å². The van der Waals surface area contributed by atoms with Gasteiger partial charge in [-0.05, 0) is 31.2 Å². The highest BCUT2D eigenvalue weighted by Crippen LogP contribution is 2.19. The van der Waals surface area contributed by atoms with Gasteiger partial charge in [0.25, 0.3) is 10.0 Å². The molecule has 0 spiro atoms. The van der Waals surface area contributed by atoms with E-state index >= 15 is 0 Å². The average Bonchev–Trinajstić information content (AvgIpc) is 2.79. The third kappa shape index (κ3) is 3.12. The fraction of sp³-hybridized carbons (Fsp3) is 0.167. The summed E-state index contributed by atoms with van der Waals surface area (Å²) < 4.78 is 40.4. The van der Waals surface area contributed by atoms with Crippen LogP contribution < -0.4 is 10.5 Å². The predicted octanol–water partition coefficient (Wildman–Crippen LogP) is 1.99. The molecule has 0 saturated carbocycles. The standard InChI is InChI=1S/C12H13FN2O3S/c1-8-10(13)3-2-4-11(8)15-7-9-5-6-12(18-9)19(14,16)17/h2-6,15H,7H2,1H3,(H2,14,16,17). The van der Waals surface area contributed by atoms with Gasteiger partial charge in [0, 0.05) is 11.3 Å². The quantitative estimate of drug-likeness (QED) is 0.899. The molecule has 1 heterocycles. The number of nitrogens with two attached hydrogens (primary N) is 1. The summed E-state index contributed by atoms with van der Waals surface area (Å²) in [6.07, 6.45) is 0. The Labute approximate surface area is 110 Å². The Bertz CT molecular complexity index is 695. The zero-order valence-electron chi connectivity index (χ0n) is 10.2. The number of primary sulfonamides is 1. The fourth-order valence-corrected chi connectivity index (χ4v) is 2.07. The number of furan rings is 1. The second-order valence-electron chi connectivity index (χ2n) is 4.03. The van der Waals surface area contributed by atoms with Crippen molar-refractivity contribution in [3.8, 4) is 0 Å². The summed E-state index contributed by atoms with van der Waals surface area (Å²) in [6, 6.07) is 7.46. The van der Waals surface area contributed by atoms with E-state index in [1.54, 1.807) is 19.1 Å². The summed E-state index contributed by atoms with van der Waals surface area (Å²) in [4.78, 5) is 0. The summed E-state index contributed by atoms with van der Waals surface area (Å²) in [5.74, 6) is 0.0855. The number of nitrogens with one attached hydrogen (secondary N) is 1. The van der Waals surface area contributed by atoms with Gasteiger partial charge in [0.1, 0.15) is 11.6 Å². The molecule has 7 heteroatoms. The monoisotopic (exact) mass is 284 g/mol. The largest absolute Gasteiger partial charge is 0.446 e. The summed E-state index contributed by atoms with van der Waals surface area (Å²) in [5.41, 5.74) is 1.11. The Kier molecular flexibility index (Phi) is 3.59. The van der Waals surface area contributed by atoms with E-state index in [0.717, 1.165) is 0 Å². The molecule has 0 saturated heterocycles. The lowest BCUT2D eigenvalue weighted by atomic mass is 10.2. The van der Waals surface area contributed by atoms with Crippen molar-refractivity contribution in [2.45, 2.75) is 18.6 Å². The maximum atomic E-state index is 13.3. The Morgan fingerprint density at radius 1 is 1.32 bits per heavy atom. The first kappa shape index (κ1) is 13.6. The van der Waals surface area contributed by atoms with Crippen molar-refractivity contribution in [1.82, 2.24) is 0 Å². The lowest BCUT2D eigenvalue weighted by Gasteiger charge is -2.08. The molecule has 19 heavy (non-hydrogen) atoms. The van der Waals surface area contributed by atoms with Gasteiger partial charge in [0.05, 0.1) is 6.54 Å². The minimum Gasteiger partial charge on any atom is -0.446 e. The highest BCUT2D eigenvalue weighted by molar-refractivity contribution is 7.89. The van der Waals surface area contributed by atoms with Crippen molar-refractivity contribution in [1.29, 1.82) is 0 Å². The van der Waals surface area contributed by atoms with Crippen LogP contribution >= 0.6 is 0 Å². The smallest absolute Gasteiger partial charge is 0.271 e. The molecule has 3 N–H and O–H groups in total. The number of hydrogen-bond acceptors (Lipinski definition) is 4. The third-order valence-corrected chi connectivity index (χ3v) is 3.42. The maximum absolute atomic E-state index is 13.3. The van der Waals surface area contributed by atoms with Crippen LogP contribution in [0.25, 0.3) is 0 Å². The van der Waals surface area contributed by atoms with Crippen molar-refractivity contribution < 1.29 is 17.2 Å². The Hall–Kier alpha value is -1.86. The van der Waals surface area contributed by atoms with E-state index in [-0.39, 0.29) is 17.5 Å². The highest BCUT2D eigenvalue weighted by atomic mass is 32.2. The Morgan fingerprint density at radius 3 is 2.68 bits per heavy atom. The lowest BCUT2D eigenvalue weighted by Crippen LogP contribution is -2.10. The molecule has 5 nitrogen and oxygen atoms in total. The molecule has 0 aliphatic heterocycles. The lowest BCUT2D eigenvalue weighted by molar-refractivity contribution is 0.419. The zero-order chi connectivity index (χ0) is 14.0. The SMILES string of the molecule is Cc1c(F)cccc1NCc1ccc(S(N)(=O)=O)o1. The number of sulfonamides is 1.